The number of hydrogen-bond donors (Lipinski definition) is 0. The van der Waals surface area contributed by atoms with Crippen molar-refractivity contribution in [2.45, 2.75) is 57.8 Å². The van der Waals surface area contributed by atoms with Crippen LogP contribution >= 0.6 is 0 Å². The number of aromatic nitrogens is 1. The highest BCUT2D eigenvalue weighted by molar-refractivity contribution is 7.00. The predicted octanol–water partition coefficient (Wildman–Crippen LogP) is 24.3. The van der Waals surface area contributed by atoms with Crippen molar-refractivity contribution in [3.63, 3.8) is 0 Å². The Morgan fingerprint density at radius 2 is 0.692 bits per heavy atom. The summed E-state index contributed by atoms with van der Waals surface area (Å²) in [5, 5.41) is 2.40. The van der Waals surface area contributed by atoms with Crippen molar-refractivity contribution in [3.05, 3.63) is 373 Å². The van der Waals surface area contributed by atoms with Gasteiger partial charge < -0.3 is 19.1 Å². The molecule has 1 spiro atoms. The molecule has 4 heterocycles. The second kappa shape index (κ2) is 23.3. The van der Waals surface area contributed by atoms with Crippen LogP contribution in [-0.4, -0.2) is 11.3 Å². The molecule has 1 aliphatic carbocycles. The van der Waals surface area contributed by atoms with Gasteiger partial charge in [0.1, 0.15) is 11.5 Å². The van der Waals surface area contributed by atoms with E-state index < -0.39 is 5.41 Å². The molecule has 0 radical (unpaired) electrons. The molecular formula is C99H74BN3O. The zero-order valence-corrected chi connectivity index (χ0v) is 59.2. The fourth-order valence-corrected chi connectivity index (χ4v) is 17.7. The van der Waals surface area contributed by atoms with Crippen LogP contribution in [0.4, 0.5) is 34.1 Å². The first-order valence-corrected chi connectivity index (χ1v) is 36.6. The smallest absolute Gasteiger partial charge is 0.252 e. The number of benzene rings is 15. The highest BCUT2D eigenvalue weighted by Gasteiger charge is 2.53. The van der Waals surface area contributed by atoms with E-state index in [4.69, 9.17) is 4.74 Å². The minimum absolute atomic E-state index is 0.109. The van der Waals surface area contributed by atoms with Gasteiger partial charge in [-0.3, -0.25) is 0 Å². The van der Waals surface area contributed by atoms with E-state index in [0.29, 0.717) is 0 Å². The van der Waals surface area contributed by atoms with Gasteiger partial charge in [-0.25, -0.2) is 0 Å². The molecule has 0 N–H and O–H groups in total. The van der Waals surface area contributed by atoms with Crippen LogP contribution in [0.5, 0.6) is 11.5 Å². The van der Waals surface area contributed by atoms with Gasteiger partial charge in [0.05, 0.1) is 22.1 Å². The third-order valence-electron chi connectivity index (χ3n) is 22.6. The highest BCUT2D eigenvalue weighted by Crippen LogP contribution is 2.63. The van der Waals surface area contributed by atoms with E-state index in [1.165, 1.54) is 66.1 Å². The third-order valence-corrected chi connectivity index (χ3v) is 22.6. The molecule has 3 aliphatic heterocycles. The number of fused-ring (bicyclic) bond motifs is 16. The number of para-hydroxylation sites is 3. The Balaban J connectivity index is 0.969. The second-order valence-corrected chi connectivity index (χ2v) is 30.8. The first kappa shape index (κ1) is 61.4. The molecule has 15 aromatic carbocycles. The van der Waals surface area contributed by atoms with Crippen LogP contribution in [0.1, 0.15) is 74.9 Å². The summed E-state index contributed by atoms with van der Waals surface area (Å²) in [6.07, 6.45) is 0. The molecule has 0 bridgehead atoms. The van der Waals surface area contributed by atoms with Crippen molar-refractivity contribution in [2.75, 3.05) is 9.80 Å². The molecule has 104 heavy (non-hydrogen) atoms. The molecule has 20 rings (SSSR count). The third kappa shape index (κ3) is 9.53. The summed E-state index contributed by atoms with van der Waals surface area (Å²) in [6.45, 7) is 13.8. The maximum Gasteiger partial charge on any atom is 0.252 e. The zero-order chi connectivity index (χ0) is 69.7. The van der Waals surface area contributed by atoms with E-state index in [0.717, 1.165) is 124 Å². The summed E-state index contributed by atoms with van der Waals surface area (Å²) < 4.78 is 10.2. The molecule has 4 nitrogen and oxygen atoms in total. The highest BCUT2D eigenvalue weighted by atomic mass is 16.5. The molecule has 0 amide bonds. The Bertz CT molecular complexity index is 5930. The maximum atomic E-state index is 7.64. The summed E-state index contributed by atoms with van der Waals surface area (Å²) >= 11 is 0. The molecule has 16 aromatic rings. The molecule has 494 valence electrons. The largest absolute Gasteiger partial charge is 0.457 e. The van der Waals surface area contributed by atoms with E-state index in [-0.39, 0.29) is 17.5 Å². The van der Waals surface area contributed by atoms with E-state index >= 15 is 0 Å². The average Bonchev–Trinajstić information content (AvgIpc) is 1.23. The van der Waals surface area contributed by atoms with Crippen molar-refractivity contribution in [2.24, 2.45) is 0 Å². The lowest BCUT2D eigenvalue weighted by molar-refractivity contribution is 0.437. The van der Waals surface area contributed by atoms with Gasteiger partial charge in [0, 0.05) is 62.1 Å². The van der Waals surface area contributed by atoms with Crippen LogP contribution in [0, 0.1) is 0 Å². The lowest BCUT2D eigenvalue weighted by atomic mass is 9.33. The molecule has 4 aliphatic rings. The van der Waals surface area contributed by atoms with Gasteiger partial charge in [-0.2, -0.15) is 0 Å². The number of rotatable bonds is 8. The van der Waals surface area contributed by atoms with Gasteiger partial charge in [-0.05, 0) is 189 Å². The van der Waals surface area contributed by atoms with Crippen LogP contribution in [0.15, 0.2) is 340 Å². The van der Waals surface area contributed by atoms with Crippen molar-refractivity contribution in [1.29, 1.82) is 0 Å². The van der Waals surface area contributed by atoms with E-state index in [9.17, 15) is 0 Å². The summed E-state index contributed by atoms with van der Waals surface area (Å²) in [5.74, 6) is 1.68. The van der Waals surface area contributed by atoms with Gasteiger partial charge >= 0.3 is 0 Å². The number of nitrogens with zero attached hydrogens (tertiary/aromatic N) is 3. The van der Waals surface area contributed by atoms with E-state index in [2.05, 4.69) is 396 Å². The van der Waals surface area contributed by atoms with Gasteiger partial charge in [0.25, 0.3) is 6.71 Å². The standard InChI is InChI=1S/C99H74BN3O/c1-97(2,3)73-51-72(52-74(58-73)98(4,5)6)67-47-48-86-90(57-67)102(75-53-68(63-29-11-7-12-30-63)49-69(54-75)64-31-13-8-14-32-64)92-59-77(101-88-44-26-21-39-80(88)81-40-22-27-45-89(81)101)60-93-96(92)100(86)87-61-85-95(104-94-46-28-25-43-84(94)99(85)82-41-23-19-37-78(82)79-38-20-24-42-83(79)99)62-91(87)103(93)76-55-70(65-33-15-9-16-34-65)50-71(56-76)66-35-17-10-18-36-66/h7-62H,1-6H3. The first-order valence-electron chi connectivity index (χ1n) is 36.6. The second-order valence-electron chi connectivity index (χ2n) is 30.8. The molecule has 0 fully saturated rings. The quantitative estimate of drug-likeness (QED) is 0.141. The van der Waals surface area contributed by atoms with Crippen molar-refractivity contribution < 1.29 is 4.74 Å². The monoisotopic (exact) mass is 1330 g/mol. The normalized spacial score (nSPS) is 13.6. The number of hydrogen-bond acceptors (Lipinski definition) is 3. The average molecular weight is 1330 g/mol. The summed E-state index contributed by atoms with van der Waals surface area (Å²) in [5.41, 5.74) is 33.8. The van der Waals surface area contributed by atoms with Crippen LogP contribution in [0.2, 0.25) is 0 Å². The summed E-state index contributed by atoms with van der Waals surface area (Å²) in [7, 11) is 0. The van der Waals surface area contributed by atoms with E-state index in [1.54, 1.807) is 0 Å². The molecule has 0 saturated heterocycles. The van der Waals surface area contributed by atoms with Crippen LogP contribution < -0.4 is 30.9 Å². The fraction of sp³-hybridized carbons (Fsp3) is 0.0909. The van der Waals surface area contributed by atoms with Gasteiger partial charge in [-0.15, -0.1) is 0 Å². The molecule has 5 heteroatoms. The Kier molecular flexibility index (Phi) is 13.8. The zero-order valence-electron chi connectivity index (χ0n) is 59.2. The molecular weight excluding hydrogens is 1260 g/mol. The van der Waals surface area contributed by atoms with Crippen molar-refractivity contribution in [3.8, 4) is 83.9 Å². The molecule has 0 atom stereocenters. The van der Waals surface area contributed by atoms with Gasteiger partial charge in [0.2, 0.25) is 0 Å². The van der Waals surface area contributed by atoms with E-state index in [1.807, 2.05) is 0 Å². The Hall–Kier alpha value is -12.4. The van der Waals surface area contributed by atoms with Crippen LogP contribution in [0.25, 0.3) is 94.3 Å². The molecule has 1 aromatic heterocycles. The number of ether oxygens (including phenoxy) is 1. The minimum Gasteiger partial charge on any atom is -0.457 e. The maximum absolute atomic E-state index is 7.64. The lowest BCUT2D eigenvalue weighted by Crippen LogP contribution is -2.61. The molecule has 0 unspecified atom stereocenters. The van der Waals surface area contributed by atoms with Crippen molar-refractivity contribution in [1.82, 2.24) is 4.57 Å². The Morgan fingerprint density at radius 1 is 0.279 bits per heavy atom. The van der Waals surface area contributed by atoms with Crippen LogP contribution in [0.3, 0.4) is 0 Å². The first-order chi connectivity index (χ1) is 50.8. The van der Waals surface area contributed by atoms with Gasteiger partial charge in [0.15, 0.2) is 0 Å². The minimum atomic E-state index is -0.740. The topological polar surface area (TPSA) is 20.6 Å². The summed E-state index contributed by atoms with van der Waals surface area (Å²) in [6, 6.07) is 128. The fourth-order valence-electron chi connectivity index (χ4n) is 17.7. The van der Waals surface area contributed by atoms with Crippen LogP contribution in [-0.2, 0) is 16.2 Å². The Labute approximate surface area is 609 Å². The lowest BCUT2D eigenvalue weighted by Gasteiger charge is -2.46. The number of anilines is 6. The predicted molar refractivity (Wildman–Crippen MR) is 437 cm³/mol. The SMILES string of the molecule is CC(C)(C)c1cc(-c2ccc3c(c2)N(c2cc(-c4ccccc4)cc(-c4ccccc4)c2)c2cc(-n4c5ccccc5c5ccccc54)cc4c2B3c2cc3c(cc2N4c2cc(-c4ccccc4)cc(-c4ccccc4)c2)Oc2ccccc2C32c3ccccc3-c3ccccc32)cc(C(C)(C)C)c1. The van der Waals surface area contributed by atoms with Crippen molar-refractivity contribution >= 4 is 79.0 Å². The Morgan fingerprint density at radius 3 is 1.17 bits per heavy atom. The van der Waals surface area contributed by atoms with Gasteiger partial charge in [-0.1, -0.05) is 302 Å². The summed E-state index contributed by atoms with van der Waals surface area (Å²) in [4.78, 5) is 5.28. The molecule has 0 saturated carbocycles.